The second kappa shape index (κ2) is 3.70. The summed E-state index contributed by atoms with van der Waals surface area (Å²) in [6.45, 7) is 0. The van der Waals surface area contributed by atoms with E-state index in [2.05, 4.69) is 4.74 Å². The van der Waals surface area contributed by atoms with E-state index in [1.807, 2.05) is 0 Å². The van der Waals surface area contributed by atoms with Crippen LogP contribution in [-0.4, -0.2) is 15.5 Å². The number of rotatable bonds is 2. The van der Waals surface area contributed by atoms with E-state index < -0.39 is 31.3 Å². The van der Waals surface area contributed by atoms with Gasteiger partial charge in [-0.2, -0.15) is 0 Å². The zero-order valence-electron chi connectivity index (χ0n) is 6.92. The van der Waals surface area contributed by atoms with Crippen molar-refractivity contribution in [1.82, 2.24) is 0 Å². The van der Waals surface area contributed by atoms with Crippen molar-refractivity contribution in [2.45, 2.75) is 4.90 Å². The molecule has 0 aliphatic rings. The SMILES string of the molecule is COc1c(F)ccc(F)c1S(=O)(=O)Cl. The highest BCUT2D eigenvalue weighted by Crippen LogP contribution is 2.31. The third-order valence-corrected chi connectivity index (χ3v) is 2.79. The molecule has 0 saturated carbocycles. The zero-order valence-corrected chi connectivity index (χ0v) is 8.49. The van der Waals surface area contributed by atoms with Crippen LogP contribution in [0, 0.1) is 11.6 Å². The van der Waals surface area contributed by atoms with Crippen LogP contribution in [-0.2, 0) is 9.05 Å². The quantitative estimate of drug-likeness (QED) is 0.744. The third kappa shape index (κ3) is 1.96. The average Bonchev–Trinajstić information content (AvgIpc) is 2.06. The molecular formula is C7H5ClF2O3S. The highest BCUT2D eigenvalue weighted by molar-refractivity contribution is 8.13. The molecule has 0 radical (unpaired) electrons. The third-order valence-electron chi connectivity index (χ3n) is 1.46. The molecule has 0 heterocycles. The Morgan fingerprint density at radius 1 is 1.29 bits per heavy atom. The first-order valence-electron chi connectivity index (χ1n) is 3.34. The van der Waals surface area contributed by atoms with Gasteiger partial charge >= 0.3 is 0 Å². The van der Waals surface area contributed by atoms with Gasteiger partial charge in [-0.1, -0.05) is 0 Å². The van der Waals surface area contributed by atoms with Gasteiger partial charge in [0.15, 0.2) is 16.5 Å². The Labute approximate surface area is 83.7 Å². The molecule has 78 valence electrons. The second-order valence-corrected chi connectivity index (χ2v) is 4.83. The van der Waals surface area contributed by atoms with Gasteiger partial charge in [-0.3, -0.25) is 0 Å². The highest BCUT2D eigenvalue weighted by Gasteiger charge is 2.24. The summed E-state index contributed by atoms with van der Waals surface area (Å²) in [5, 5.41) is 0. The maximum Gasteiger partial charge on any atom is 0.268 e. The number of methoxy groups -OCH3 is 1. The van der Waals surface area contributed by atoms with E-state index in [1.54, 1.807) is 0 Å². The fourth-order valence-electron chi connectivity index (χ4n) is 0.932. The normalized spacial score (nSPS) is 11.4. The van der Waals surface area contributed by atoms with Crippen molar-refractivity contribution >= 4 is 19.7 Å². The van der Waals surface area contributed by atoms with Crippen molar-refractivity contribution in [2.24, 2.45) is 0 Å². The Hall–Kier alpha value is -0.880. The molecular weight excluding hydrogens is 238 g/mol. The Kier molecular flexibility index (Phi) is 2.96. The molecule has 0 aliphatic heterocycles. The van der Waals surface area contributed by atoms with Crippen molar-refractivity contribution < 1.29 is 21.9 Å². The first-order chi connectivity index (χ1) is 6.38. The van der Waals surface area contributed by atoms with Crippen LogP contribution in [0.3, 0.4) is 0 Å². The number of benzene rings is 1. The maximum atomic E-state index is 13.0. The molecule has 0 fully saturated rings. The molecule has 0 bridgehead atoms. The number of halogens is 3. The lowest BCUT2D eigenvalue weighted by Gasteiger charge is -2.06. The fourth-order valence-corrected chi connectivity index (χ4v) is 2.07. The lowest BCUT2D eigenvalue weighted by molar-refractivity contribution is 0.367. The molecule has 1 aromatic carbocycles. The number of hydrogen-bond donors (Lipinski definition) is 0. The van der Waals surface area contributed by atoms with Gasteiger partial charge in [0.25, 0.3) is 9.05 Å². The standard InChI is InChI=1S/C7H5ClF2O3S/c1-13-6-4(9)2-3-5(10)7(6)14(8,11)12/h2-3H,1H3. The number of ether oxygens (including phenoxy) is 1. The molecule has 14 heavy (non-hydrogen) atoms. The molecule has 0 aromatic heterocycles. The van der Waals surface area contributed by atoms with Gasteiger partial charge < -0.3 is 4.74 Å². The van der Waals surface area contributed by atoms with E-state index in [1.165, 1.54) is 0 Å². The van der Waals surface area contributed by atoms with Gasteiger partial charge in [-0.05, 0) is 12.1 Å². The Morgan fingerprint density at radius 3 is 2.14 bits per heavy atom. The predicted molar refractivity (Wildman–Crippen MR) is 45.9 cm³/mol. The van der Waals surface area contributed by atoms with Crippen LogP contribution in [0.1, 0.15) is 0 Å². The maximum absolute atomic E-state index is 13.0. The van der Waals surface area contributed by atoms with Gasteiger partial charge in [-0.15, -0.1) is 0 Å². The lowest BCUT2D eigenvalue weighted by Crippen LogP contribution is -2.02. The summed E-state index contributed by atoms with van der Waals surface area (Å²) in [4.78, 5) is -0.985. The smallest absolute Gasteiger partial charge is 0.268 e. The zero-order chi connectivity index (χ0) is 10.9. The summed E-state index contributed by atoms with van der Waals surface area (Å²) in [6.07, 6.45) is 0. The molecule has 7 heteroatoms. The lowest BCUT2D eigenvalue weighted by atomic mass is 10.3. The molecule has 0 amide bonds. The second-order valence-electron chi connectivity index (χ2n) is 2.33. The molecule has 1 rings (SSSR count). The summed E-state index contributed by atoms with van der Waals surface area (Å²) in [7, 11) is 1.56. The van der Waals surface area contributed by atoms with E-state index in [0.717, 1.165) is 13.2 Å². The van der Waals surface area contributed by atoms with Gasteiger partial charge in [0.2, 0.25) is 0 Å². The highest BCUT2D eigenvalue weighted by atomic mass is 35.7. The monoisotopic (exact) mass is 242 g/mol. The van der Waals surface area contributed by atoms with Crippen molar-refractivity contribution in [3.63, 3.8) is 0 Å². The van der Waals surface area contributed by atoms with Crippen LogP contribution in [0.15, 0.2) is 17.0 Å². The van der Waals surface area contributed by atoms with E-state index in [-0.39, 0.29) is 0 Å². The van der Waals surface area contributed by atoms with E-state index >= 15 is 0 Å². The molecule has 0 atom stereocenters. The molecule has 0 unspecified atom stereocenters. The molecule has 3 nitrogen and oxygen atoms in total. The van der Waals surface area contributed by atoms with Crippen molar-refractivity contribution in [2.75, 3.05) is 7.11 Å². The minimum atomic E-state index is -4.37. The van der Waals surface area contributed by atoms with Crippen molar-refractivity contribution in [1.29, 1.82) is 0 Å². The minimum Gasteiger partial charge on any atom is -0.492 e. The Balaban J connectivity index is 3.63. The van der Waals surface area contributed by atoms with Gasteiger partial charge in [0, 0.05) is 10.7 Å². The van der Waals surface area contributed by atoms with E-state index in [4.69, 9.17) is 10.7 Å². The largest absolute Gasteiger partial charge is 0.492 e. The predicted octanol–water partition coefficient (Wildman–Crippen LogP) is 1.90. The number of hydrogen-bond acceptors (Lipinski definition) is 3. The molecule has 0 aliphatic carbocycles. The van der Waals surface area contributed by atoms with Crippen LogP contribution >= 0.6 is 10.7 Å². The van der Waals surface area contributed by atoms with Crippen molar-refractivity contribution in [3.05, 3.63) is 23.8 Å². The minimum absolute atomic E-state index is 0.660. The molecule has 0 N–H and O–H groups in total. The van der Waals surface area contributed by atoms with Gasteiger partial charge in [-0.25, -0.2) is 17.2 Å². The van der Waals surface area contributed by atoms with Gasteiger partial charge in [0.05, 0.1) is 7.11 Å². The Bertz CT molecular complexity index is 458. The molecule has 0 spiro atoms. The Morgan fingerprint density at radius 2 is 1.79 bits per heavy atom. The van der Waals surface area contributed by atoms with Crippen molar-refractivity contribution in [3.8, 4) is 5.75 Å². The van der Waals surface area contributed by atoms with E-state index in [9.17, 15) is 17.2 Å². The van der Waals surface area contributed by atoms with E-state index in [0.29, 0.717) is 6.07 Å². The fraction of sp³-hybridized carbons (Fsp3) is 0.143. The summed E-state index contributed by atoms with van der Waals surface area (Å²) in [5.74, 6) is -2.87. The van der Waals surface area contributed by atoms with Crippen LogP contribution < -0.4 is 4.74 Å². The van der Waals surface area contributed by atoms with Crippen LogP contribution in [0.2, 0.25) is 0 Å². The summed E-state index contributed by atoms with van der Waals surface area (Å²) in [5.41, 5.74) is 0. The summed E-state index contributed by atoms with van der Waals surface area (Å²) < 4.78 is 52.1. The van der Waals surface area contributed by atoms with Crippen LogP contribution in [0.25, 0.3) is 0 Å². The van der Waals surface area contributed by atoms with Crippen LogP contribution in [0.5, 0.6) is 5.75 Å². The summed E-state index contributed by atoms with van der Waals surface area (Å²) >= 11 is 0. The molecule has 1 aromatic rings. The first kappa shape index (κ1) is 11.2. The topological polar surface area (TPSA) is 43.4 Å². The van der Waals surface area contributed by atoms with Crippen LogP contribution in [0.4, 0.5) is 8.78 Å². The average molecular weight is 243 g/mol. The molecule has 0 saturated heterocycles. The van der Waals surface area contributed by atoms with Gasteiger partial charge in [0.1, 0.15) is 5.82 Å². The first-order valence-corrected chi connectivity index (χ1v) is 5.65. The summed E-state index contributed by atoms with van der Waals surface area (Å²) in [6, 6.07) is 1.41.